The predicted octanol–water partition coefficient (Wildman–Crippen LogP) is 1.26. The highest BCUT2D eigenvalue weighted by atomic mass is 16.5. The Morgan fingerprint density at radius 3 is 2.89 bits per heavy atom. The molecule has 1 atom stereocenters. The minimum absolute atomic E-state index is 0.262. The first-order valence-electron chi connectivity index (χ1n) is 7.29. The summed E-state index contributed by atoms with van der Waals surface area (Å²) in [7, 11) is 3.91. The zero-order chi connectivity index (χ0) is 12.8. The van der Waals surface area contributed by atoms with E-state index in [-0.39, 0.29) is 5.60 Å². The standard InChI is InChI=1S/C14H28N2O2/c1-16(9-11-17-2)8-7-15-13-4-10-18-14(12-13)5-3-6-14/h13,15H,3-12H2,1-2H3. The van der Waals surface area contributed by atoms with Crippen LogP contribution in [0.25, 0.3) is 0 Å². The first-order valence-corrected chi connectivity index (χ1v) is 7.29. The first kappa shape index (κ1) is 14.3. The maximum Gasteiger partial charge on any atom is 0.0697 e. The van der Waals surface area contributed by atoms with Gasteiger partial charge in [-0.1, -0.05) is 0 Å². The molecule has 0 bridgehead atoms. The highest BCUT2D eigenvalue weighted by Crippen LogP contribution is 2.42. The van der Waals surface area contributed by atoms with Crippen LogP contribution >= 0.6 is 0 Å². The van der Waals surface area contributed by atoms with Crippen LogP contribution in [-0.4, -0.2) is 63.5 Å². The van der Waals surface area contributed by atoms with E-state index >= 15 is 0 Å². The van der Waals surface area contributed by atoms with Gasteiger partial charge in [-0.05, 0) is 39.2 Å². The van der Waals surface area contributed by atoms with Crippen LogP contribution in [0.4, 0.5) is 0 Å². The van der Waals surface area contributed by atoms with Gasteiger partial charge in [-0.25, -0.2) is 0 Å². The molecule has 1 unspecified atom stereocenters. The zero-order valence-electron chi connectivity index (χ0n) is 11.9. The van der Waals surface area contributed by atoms with Crippen LogP contribution in [0, 0.1) is 0 Å². The number of rotatable bonds is 7. The number of nitrogens with zero attached hydrogens (tertiary/aromatic N) is 1. The smallest absolute Gasteiger partial charge is 0.0697 e. The van der Waals surface area contributed by atoms with Crippen molar-refractivity contribution in [2.24, 2.45) is 0 Å². The van der Waals surface area contributed by atoms with E-state index in [1.807, 2.05) is 0 Å². The molecule has 2 rings (SSSR count). The maximum atomic E-state index is 5.95. The van der Waals surface area contributed by atoms with Crippen LogP contribution in [0.3, 0.4) is 0 Å². The van der Waals surface area contributed by atoms with Crippen molar-refractivity contribution in [3.05, 3.63) is 0 Å². The van der Waals surface area contributed by atoms with E-state index in [0.717, 1.165) is 32.8 Å². The minimum Gasteiger partial charge on any atom is -0.383 e. The third-order valence-corrected chi connectivity index (χ3v) is 4.36. The van der Waals surface area contributed by atoms with E-state index in [9.17, 15) is 0 Å². The molecule has 2 fully saturated rings. The highest BCUT2D eigenvalue weighted by Gasteiger charge is 2.42. The molecular weight excluding hydrogens is 228 g/mol. The number of hydrogen-bond donors (Lipinski definition) is 1. The summed E-state index contributed by atoms with van der Waals surface area (Å²) in [4.78, 5) is 2.31. The quantitative estimate of drug-likeness (QED) is 0.743. The van der Waals surface area contributed by atoms with Crippen molar-refractivity contribution in [2.75, 3.05) is 47.0 Å². The third-order valence-electron chi connectivity index (χ3n) is 4.36. The van der Waals surface area contributed by atoms with Crippen LogP contribution in [0.1, 0.15) is 32.1 Å². The molecule has 4 heteroatoms. The lowest BCUT2D eigenvalue weighted by Gasteiger charge is -2.47. The van der Waals surface area contributed by atoms with E-state index in [0.29, 0.717) is 6.04 Å². The number of ether oxygens (including phenoxy) is 2. The molecule has 106 valence electrons. The Kier molecular flexibility index (Phi) is 5.42. The van der Waals surface area contributed by atoms with Gasteiger partial charge in [0.05, 0.1) is 12.2 Å². The van der Waals surface area contributed by atoms with E-state index in [2.05, 4.69) is 17.3 Å². The van der Waals surface area contributed by atoms with E-state index in [4.69, 9.17) is 9.47 Å². The molecule has 0 aromatic rings. The van der Waals surface area contributed by atoms with Gasteiger partial charge in [0.25, 0.3) is 0 Å². The first-order chi connectivity index (χ1) is 8.74. The van der Waals surface area contributed by atoms with Crippen molar-refractivity contribution < 1.29 is 9.47 Å². The lowest BCUT2D eigenvalue weighted by Crippen LogP contribution is -2.51. The maximum absolute atomic E-state index is 5.95. The van der Waals surface area contributed by atoms with Crippen molar-refractivity contribution in [2.45, 2.75) is 43.7 Å². The summed E-state index contributed by atoms with van der Waals surface area (Å²) in [5.41, 5.74) is 0.262. The van der Waals surface area contributed by atoms with Gasteiger partial charge in [-0.15, -0.1) is 0 Å². The van der Waals surface area contributed by atoms with Crippen molar-refractivity contribution in [1.82, 2.24) is 10.2 Å². The molecule has 0 aromatic heterocycles. The molecule has 1 saturated carbocycles. The summed E-state index contributed by atoms with van der Waals surface area (Å²) >= 11 is 0. The molecule has 1 aliphatic carbocycles. The second-order valence-corrected chi connectivity index (χ2v) is 5.82. The summed E-state index contributed by atoms with van der Waals surface area (Å²) in [6, 6.07) is 0.662. The fraction of sp³-hybridized carbons (Fsp3) is 1.00. The largest absolute Gasteiger partial charge is 0.383 e. The number of nitrogens with one attached hydrogen (secondary N) is 1. The Morgan fingerprint density at radius 2 is 2.22 bits per heavy atom. The molecule has 18 heavy (non-hydrogen) atoms. The molecule has 1 aliphatic heterocycles. The number of hydrogen-bond acceptors (Lipinski definition) is 4. The summed E-state index contributed by atoms with van der Waals surface area (Å²) in [5, 5.41) is 3.69. The Bertz CT molecular complexity index is 244. The molecule has 4 nitrogen and oxygen atoms in total. The van der Waals surface area contributed by atoms with Gasteiger partial charge in [0, 0.05) is 39.4 Å². The van der Waals surface area contributed by atoms with Gasteiger partial charge < -0.3 is 19.7 Å². The summed E-state index contributed by atoms with van der Waals surface area (Å²) in [5.74, 6) is 0. The van der Waals surface area contributed by atoms with Crippen LogP contribution in [0.15, 0.2) is 0 Å². The van der Waals surface area contributed by atoms with Crippen LogP contribution in [-0.2, 0) is 9.47 Å². The Morgan fingerprint density at radius 1 is 1.39 bits per heavy atom. The average molecular weight is 256 g/mol. The minimum atomic E-state index is 0.262. The molecule has 0 radical (unpaired) electrons. The zero-order valence-corrected chi connectivity index (χ0v) is 11.9. The Balaban J connectivity index is 1.58. The Labute approximate surface area is 111 Å². The number of methoxy groups -OCH3 is 1. The SMILES string of the molecule is COCCN(C)CCNC1CCOC2(CCC2)C1. The highest BCUT2D eigenvalue weighted by molar-refractivity contribution is 4.95. The van der Waals surface area contributed by atoms with Crippen molar-refractivity contribution in [1.29, 1.82) is 0 Å². The molecule has 1 spiro atoms. The normalized spacial score (nSPS) is 26.5. The monoisotopic (exact) mass is 256 g/mol. The van der Waals surface area contributed by atoms with Gasteiger partial charge in [0.2, 0.25) is 0 Å². The molecule has 1 N–H and O–H groups in total. The predicted molar refractivity (Wildman–Crippen MR) is 72.9 cm³/mol. The van der Waals surface area contributed by atoms with Gasteiger partial charge in [0.15, 0.2) is 0 Å². The van der Waals surface area contributed by atoms with Gasteiger partial charge in [-0.3, -0.25) is 0 Å². The second-order valence-electron chi connectivity index (χ2n) is 5.82. The van der Waals surface area contributed by atoms with Gasteiger partial charge in [0.1, 0.15) is 0 Å². The Hall–Kier alpha value is -0.160. The third kappa shape index (κ3) is 3.92. The van der Waals surface area contributed by atoms with Crippen molar-refractivity contribution >= 4 is 0 Å². The summed E-state index contributed by atoms with van der Waals surface area (Å²) in [6.45, 7) is 4.93. The molecular formula is C14H28N2O2. The van der Waals surface area contributed by atoms with Crippen LogP contribution < -0.4 is 5.32 Å². The second kappa shape index (κ2) is 6.85. The lowest BCUT2D eigenvalue weighted by molar-refractivity contribution is -0.135. The van der Waals surface area contributed by atoms with E-state index < -0.39 is 0 Å². The van der Waals surface area contributed by atoms with Crippen LogP contribution in [0.5, 0.6) is 0 Å². The van der Waals surface area contributed by atoms with E-state index in [1.54, 1.807) is 7.11 Å². The molecule has 2 aliphatic rings. The van der Waals surface area contributed by atoms with Crippen molar-refractivity contribution in [3.8, 4) is 0 Å². The average Bonchev–Trinajstić information content (AvgIpc) is 2.35. The molecule has 1 heterocycles. The lowest BCUT2D eigenvalue weighted by atomic mass is 9.74. The topological polar surface area (TPSA) is 33.7 Å². The van der Waals surface area contributed by atoms with E-state index in [1.165, 1.54) is 32.1 Å². The molecule has 0 amide bonds. The number of likely N-dealkylation sites (N-methyl/N-ethyl adjacent to an activating group) is 1. The molecule has 1 saturated heterocycles. The van der Waals surface area contributed by atoms with Gasteiger partial charge >= 0.3 is 0 Å². The summed E-state index contributed by atoms with van der Waals surface area (Å²) in [6.07, 6.45) is 6.29. The fourth-order valence-electron chi connectivity index (χ4n) is 2.94. The molecule has 0 aromatic carbocycles. The van der Waals surface area contributed by atoms with Gasteiger partial charge in [-0.2, -0.15) is 0 Å². The fourth-order valence-corrected chi connectivity index (χ4v) is 2.94. The van der Waals surface area contributed by atoms with Crippen molar-refractivity contribution in [3.63, 3.8) is 0 Å². The summed E-state index contributed by atoms with van der Waals surface area (Å²) < 4.78 is 11.0. The van der Waals surface area contributed by atoms with Crippen LogP contribution in [0.2, 0.25) is 0 Å².